The van der Waals surface area contributed by atoms with Crippen LogP contribution < -0.4 is 5.32 Å². The Balaban J connectivity index is 2.28. The van der Waals surface area contributed by atoms with E-state index < -0.39 is 11.6 Å². The van der Waals surface area contributed by atoms with E-state index in [-0.39, 0.29) is 11.4 Å². The minimum atomic E-state index is -0.894. The lowest BCUT2D eigenvalue weighted by atomic mass is 9.98. The summed E-state index contributed by atoms with van der Waals surface area (Å²) in [6.07, 6.45) is 12.3. The van der Waals surface area contributed by atoms with Crippen molar-refractivity contribution in [3.05, 3.63) is 0 Å². The van der Waals surface area contributed by atoms with Crippen molar-refractivity contribution in [2.24, 2.45) is 5.41 Å². The van der Waals surface area contributed by atoms with Crippen LogP contribution in [-0.2, 0) is 14.3 Å². The van der Waals surface area contributed by atoms with Crippen LogP contribution in [0.15, 0.2) is 0 Å². The van der Waals surface area contributed by atoms with Gasteiger partial charge in [-0.05, 0) is 24.7 Å². The monoisotopic (exact) mass is 383 g/mol. The first kappa shape index (κ1) is 23.8. The van der Waals surface area contributed by atoms with Crippen molar-refractivity contribution in [3.8, 4) is 0 Å². The number of esters is 1. The number of carbonyl (C=O) groups excluding carboxylic acids is 2. The number of amides is 1. The van der Waals surface area contributed by atoms with E-state index in [9.17, 15) is 9.59 Å². The smallest absolute Gasteiger partial charge is 0.408 e. The zero-order chi connectivity index (χ0) is 20.2. The summed E-state index contributed by atoms with van der Waals surface area (Å²) in [6.45, 7) is 9.00. The SMILES string of the molecule is CCCCCCCCCCOC(=O)C1(NC(=O)OCC(C)(C)C)CCCC1. The molecule has 27 heavy (non-hydrogen) atoms. The minimum Gasteiger partial charge on any atom is -0.464 e. The van der Waals surface area contributed by atoms with Crippen molar-refractivity contribution in [3.63, 3.8) is 0 Å². The summed E-state index contributed by atoms with van der Waals surface area (Å²) < 4.78 is 10.8. The van der Waals surface area contributed by atoms with Gasteiger partial charge in [-0.3, -0.25) is 0 Å². The van der Waals surface area contributed by atoms with E-state index in [1.165, 1.54) is 38.5 Å². The molecule has 0 spiro atoms. The summed E-state index contributed by atoms with van der Waals surface area (Å²) in [5.41, 5.74) is -0.994. The fourth-order valence-electron chi connectivity index (χ4n) is 3.41. The first-order valence-corrected chi connectivity index (χ1v) is 10.9. The Morgan fingerprint density at radius 2 is 1.44 bits per heavy atom. The topological polar surface area (TPSA) is 64.6 Å². The second-order valence-electron chi connectivity index (χ2n) is 9.16. The number of alkyl carbamates (subject to hydrolysis) is 1. The van der Waals surface area contributed by atoms with Gasteiger partial charge < -0.3 is 14.8 Å². The van der Waals surface area contributed by atoms with E-state index in [4.69, 9.17) is 9.47 Å². The number of hydrogen-bond donors (Lipinski definition) is 1. The number of hydrogen-bond acceptors (Lipinski definition) is 4. The van der Waals surface area contributed by atoms with E-state index >= 15 is 0 Å². The van der Waals surface area contributed by atoms with Crippen molar-refractivity contribution in [2.45, 2.75) is 110 Å². The summed E-state index contributed by atoms with van der Waals surface area (Å²) in [5.74, 6) is -0.296. The number of carbonyl (C=O) groups is 2. The van der Waals surface area contributed by atoms with Crippen molar-refractivity contribution < 1.29 is 19.1 Å². The standard InChI is InChI=1S/C22H41NO4/c1-5-6-7-8-9-10-11-14-17-26-19(24)22(15-12-13-16-22)23-20(25)27-18-21(2,3)4/h5-18H2,1-4H3,(H,23,25). The molecular weight excluding hydrogens is 342 g/mol. The number of nitrogens with one attached hydrogen (secondary N) is 1. The molecule has 5 nitrogen and oxygen atoms in total. The van der Waals surface area contributed by atoms with Gasteiger partial charge in [-0.2, -0.15) is 0 Å². The van der Waals surface area contributed by atoms with E-state index in [2.05, 4.69) is 12.2 Å². The van der Waals surface area contributed by atoms with Crippen LogP contribution in [0.5, 0.6) is 0 Å². The van der Waals surface area contributed by atoms with E-state index in [0.717, 1.165) is 25.7 Å². The number of ether oxygens (including phenoxy) is 2. The molecule has 5 heteroatoms. The fraction of sp³-hybridized carbons (Fsp3) is 0.909. The third kappa shape index (κ3) is 10.0. The van der Waals surface area contributed by atoms with E-state index in [1.54, 1.807) is 0 Å². The van der Waals surface area contributed by atoms with Crippen LogP contribution in [0.2, 0.25) is 0 Å². The van der Waals surface area contributed by atoms with Crippen LogP contribution in [0.25, 0.3) is 0 Å². The Morgan fingerprint density at radius 3 is 2.00 bits per heavy atom. The highest BCUT2D eigenvalue weighted by Gasteiger charge is 2.44. The van der Waals surface area contributed by atoms with Crippen LogP contribution in [0.4, 0.5) is 4.79 Å². The predicted molar refractivity (Wildman–Crippen MR) is 109 cm³/mol. The molecular formula is C22H41NO4. The Morgan fingerprint density at radius 1 is 0.889 bits per heavy atom. The molecule has 1 rings (SSSR count). The molecule has 1 amide bonds. The third-order valence-electron chi connectivity index (χ3n) is 5.06. The molecule has 0 heterocycles. The van der Waals surface area contributed by atoms with Gasteiger partial charge >= 0.3 is 12.1 Å². The van der Waals surface area contributed by atoms with Gasteiger partial charge in [0.2, 0.25) is 0 Å². The maximum Gasteiger partial charge on any atom is 0.408 e. The van der Waals surface area contributed by atoms with E-state index in [0.29, 0.717) is 26.1 Å². The highest BCUT2D eigenvalue weighted by atomic mass is 16.6. The normalized spacial score (nSPS) is 16.1. The lowest BCUT2D eigenvalue weighted by molar-refractivity contribution is -0.151. The lowest BCUT2D eigenvalue weighted by Crippen LogP contribution is -2.53. The molecule has 0 aliphatic heterocycles. The van der Waals surface area contributed by atoms with Crippen molar-refractivity contribution >= 4 is 12.1 Å². The second-order valence-corrected chi connectivity index (χ2v) is 9.16. The van der Waals surface area contributed by atoms with Crippen molar-refractivity contribution in [1.29, 1.82) is 0 Å². The van der Waals surface area contributed by atoms with Crippen LogP contribution >= 0.6 is 0 Å². The van der Waals surface area contributed by atoms with Crippen LogP contribution in [0.1, 0.15) is 105 Å². The Bertz CT molecular complexity index is 436. The first-order valence-electron chi connectivity index (χ1n) is 10.9. The summed E-state index contributed by atoms with van der Waals surface area (Å²) >= 11 is 0. The first-order chi connectivity index (χ1) is 12.8. The van der Waals surface area contributed by atoms with Crippen LogP contribution in [0.3, 0.4) is 0 Å². The third-order valence-corrected chi connectivity index (χ3v) is 5.06. The quantitative estimate of drug-likeness (QED) is 0.344. The summed E-state index contributed by atoms with van der Waals surface area (Å²) in [6, 6.07) is 0. The molecule has 1 N–H and O–H groups in total. The molecule has 0 radical (unpaired) electrons. The van der Waals surface area contributed by atoms with Gasteiger partial charge in [0, 0.05) is 0 Å². The van der Waals surface area contributed by atoms with Gasteiger partial charge in [-0.25, -0.2) is 9.59 Å². The largest absolute Gasteiger partial charge is 0.464 e. The molecule has 1 aliphatic carbocycles. The maximum atomic E-state index is 12.6. The fourth-order valence-corrected chi connectivity index (χ4v) is 3.41. The van der Waals surface area contributed by atoms with Gasteiger partial charge in [0.05, 0.1) is 13.2 Å². The second kappa shape index (κ2) is 12.2. The van der Waals surface area contributed by atoms with Gasteiger partial charge in [-0.15, -0.1) is 0 Å². The Kier molecular flexibility index (Phi) is 10.8. The highest BCUT2D eigenvalue weighted by Crippen LogP contribution is 2.31. The van der Waals surface area contributed by atoms with Crippen molar-refractivity contribution in [1.82, 2.24) is 5.32 Å². The van der Waals surface area contributed by atoms with E-state index in [1.807, 2.05) is 20.8 Å². The Hall–Kier alpha value is -1.26. The highest BCUT2D eigenvalue weighted by molar-refractivity contribution is 5.86. The average Bonchev–Trinajstić information content (AvgIpc) is 3.07. The predicted octanol–water partition coefficient (Wildman–Crippen LogP) is 5.76. The maximum absolute atomic E-state index is 12.6. The van der Waals surface area contributed by atoms with Crippen LogP contribution in [0, 0.1) is 5.41 Å². The van der Waals surface area contributed by atoms with Crippen molar-refractivity contribution in [2.75, 3.05) is 13.2 Å². The molecule has 0 aromatic rings. The zero-order valence-corrected chi connectivity index (χ0v) is 18.0. The zero-order valence-electron chi connectivity index (χ0n) is 18.0. The van der Waals surface area contributed by atoms with Gasteiger partial charge in [0.1, 0.15) is 5.54 Å². The molecule has 0 aromatic carbocycles. The average molecular weight is 384 g/mol. The number of unbranched alkanes of at least 4 members (excludes halogenated alkanes) is 7. The molecule has 0 unspecified atom stereocenters. The Labute approximate surface area is 165 Å². The van der Waals surface area contributed by atoms with Crippen LogP contribution in [-0.4, -0.2) is 30.8 Å². The van der Waals surface area contributed by atoms with Gasteiger partial charge in [0.25, 0.3) is 0 Å². The minimum absolute atomic E-state index is 0.1000. The molecule has 158 valence electrons. The summed E-state index contributed by atoms with van der Waals surface area (Å²) in [7, 11) is 0. The summed E-state index contributed by atoms with van der Waals surface area (Å²) in [4.78, 5) is 24.8. The number of rotatable bonds is 12. The molecule has 1 aliphatic rings. The molecule has 0 atom stereocenters. The molecule has 0 aromatic heterocycles. The molecule has 0 bridgehead atoms. The molecule has 1 fully saturated rings. The molecule has 1 saturated carbocycles. The van der Waals surface area contributed by atoms with Gasteiger partial charge in [-0.1, -0.05) is 85.5 Å². The lowest BCUT2D eigenvalue weighted by Gasteiger charge is -2.28. The summed E-state index contributed by atoms with van der Waals surface area (Å²) in [5, 5.41) is 2.81. The molecule has 0 saturated heterocycles. The van der Waals surface area contributed by atoms with Gasteiger partial charge in [0.15, 0.2) is 0 Å².